The lowest BCUT2D eigenvalue weighted by Crippen LogP contribution is -1.87. The maximum atomic E-state index is 4.25. The van der Waals surface area contributed by atoms with Crippen LogP contribution in [0.1, 0.15) is 29.3 Å². The van der Waals surface area contributed by atoms with E-state index in [4.69, 9.17) is 0 Å². The van der Waals surface area contributed by atoms with Gasteiger partial charge in [0, 0.05) is 6.20 Å². The van der Waals surface area contributed by atoms with Crippen LogP contribution in [0.4, 0.5) is 0 Å². The van der Waals surface area contributed by atoms with Gasteiger partial charge in [0.1, 0.15) is 0 Å². The number of hydrogen-bond acceptors (Lipinski definition) is 1. The predicted molar refractivity (Wildman–Crippen MR) is 68.0 cm³/mol. The molecule has 16 heavy (non-hydrogen) atoms. The molecule has 0 unspecified atom stereocenters. The summed E-state index contributed by atoms with van der Waals surface area (Å²) in [6, 6.07) is 6.36. The highest BCUT2D eigenvalue weighted by molar-refractivity contribution is 5.80. The van der Waals surface area contributed by atoms with E-state index in [1.807, 2.05) is 6.20 Å². The fraction of sp³-hybridized carbons (Fsp3) is 0.214. The lowest BCUT2D eigenvalue weighted by molar-refractivity contribution is 1.30. The SMILES string of the molecule is C/C(=C\c1c(C)cccc1C)c1c[nH]cn1. The fourth-order valence-electron chi connectivity index (χ4n) is 1.82. The largest absolute Gasteiger partial charge is 0.351 e. The van der Waals surface area contributed by atoms with Crippen LogP contribution in [0.2, 0.25) is 0 Å². The number of hydrogen-bond donors (Lipinski definition) is 1. The molecule has 1 N–H and O–H groups in total. The van der Waals surface area contributed by atoms with Gasteiger partial charge in [-0.3, -0.25) is 0 Å². The lowest BCUT2D eigenvalue weighted by atomic mass is 10.0. The van der Waals surface area contributed by atoms with Gasteiger partial charge < -0.3 is 4.98 Å². The summed E-state index contributed by atoms with van der Waals surface area (Å²) in [5.41, 5.74) is 6.08. The Labute approximate surface area is 96.1 Å². The summed E-state index contributed by atoms with van der Waals surface area (Å²) >= 11 is 0. The number of benzene rings is 1. The second-order valence-electron chi connectivity index (χ2n) is 4.09. The van der Waals surface area contributed by atoms with Gasteiger partial charge in [-0.25, -0.2) is 4.98 Å². The van der Waals surface area contributed by atoms with E-state index in [-0.39, 0.29) is 0 Å². The van der Waals surface area contributed by atoms with Crippen molar-refractivity contribution >= 4 is 11.6 Å². The summed E-state index contributed by atoms with van der Waals surface area (Å²) in [6.45, 7) is 6.36. The molecule has 2 aromatic rings. The molecule has 0 aliphatic rings. The molecule has 82 valence electrons. The van der Waals surface area contributed by atoms with Crippen molar-refractivity contribution in [1.82, 2.24) is 9.97 Å². The Morgan fingerprint density at radius 2 is 1.94 bits per heavy atom. The number of aromatic nitrogens is 2. The van der Waals surface area contributed by atoms with Crippen molar-refractivity contribution in [3.8, 4) is 0 Å². The second kappa shape index (κ2) is 4.35. The van der Waals surface area contributed by atoms with Gasteiger partial charge in [0.15, 0.2) is 0 Å². The summed E-state index contributed by atoms with van der Waals surface area (Å²) in [6.07, 6.45) is 5.82. The van der Waals surface area contributed by atoms with Crippen LogP contribution >= 0.6 is 0 Å². The van der Waals surface area contributed by atoms with E-state index in [0.717, 1.165) is 5.69 Å². The van der Waals surface area contributed by atoms with Gasteiger partial charge in [0.25, 0.3) is 0 Å². The average molecular weight is 212 g/mol. The van der Waals surface area contributed by atoms with E-state index in [1.165, 1.54) is 22.3 Å². The topological polar surface area (TPSA) is 28.7 Å². The van der Waals surface area contributed by atoms with Crippen LogP contribution in [-0.4, -0.2) is 9.97 Å². The molecule has 2 nitrogen and oxygen atoms in total. The van der Waals surface area contributed by atoms with Crippen molar-refractivity contribution in [1.29, 1.82) is 0 Å². The molecule has 0 fully saturated rings. The zero-order valence-corrected chi connectivity index (χ0v) is 9.91. The number of imidazole rings is 1. The molecule has 0 saturated heterocycles. The van der Waals surface area contributed by atoms with Crippen LogP contribution < -0.4 is 0 Å². The van der Waals surface area contributed by atoms with Crippen LogP contribution in [0.5, 0.6) is 0 Å². The van der Waals surface area contributed by atoms with E-state index in [9.17, 15) is 0 Å². The number of H-pyrrole nitrogens is 1. The fourth-order valence-corrected chi connectivity index (χ4v) is 1.82. The van der Waals surface area contributed by atoms with Crippen molar-refractivity contribution in [2.24, 2.45) is 0 Å². The Kier molecular flexibility index (Phi) is 2.91. The van der Waals surface area contributed by atoms with E-state index < -0.39 is 0 Å². The molecule has 1 aromatic carbocycles. The molecule has 0 aliphatic carbocycles. The third-order valence-corrected chi connectivity index (χ3v) is 2.81. The smallest absolute Gasteiger partial charge is 0.0927 e. The van der Waals surface area contributed by atoms with Crippen molar-refractivity contribution in [2.75, 3.05) is 0 Å². The Morgan fingerprint density at radius 1 is 1.25 bits per heavy atom. The Balaban J connectivity index is 2.43. The van der Waals surface area contributed by atoms with Crippen molar-refractivity contribution in [3.05, 3.63) is 53.1 Å². The molecule has 0 amide bonds. The molecule has 1 heterocycles. The molecule has 0 saturated carbocycles. The monoisotopic (exact) mass is 212 g/mol. The highest BCUT2D eigenvalue weighted by Crippen LogP contribution is 2.20. The average Bonchev–Trinajstić information content (AvgIpc) is 2.76. The standard InChI is InChI=1S/C14H16N2/c1-10-5-4-6-11(2)13(10)7-12(3)14-8-15-9-16-14/h4-9H,1-3H3,(H,15,16)/b12-7+. The Morgan fingerprint density at radius 3 is 2.50 bits per heavy atom. The summed E-state index contributed by atoms with van der Waals surface area (Å²) in [5, 5.41) is 0. The third-order valence-electron chi connectivity index (χ3n) is 2.81. The van der Waals surface area contributed by atoms with Crippen LogP contribution in [0.25, 0.3) is 11.6 Å². The highest BCUT2D eigenvalue weighted by Gasteiger charge is 2.02. The quantitative estimate of drug-likeness (QED) is 0.809. The maximum absolute atomic E-state index is 4.25. The first-order valence-corrected chi connectivity index (χ1v) is 5.42. The maximum Gasteiger partial charge on any atom is 0.0927 e. The predicted octanol–water partition coefficient (Wildman–Crippen LogP) is 3.59. The zero-order chi connectivity index (χ0) is 11.5. The first kappa shape index (κ1) is 10.7. The molecule has 0 radical (unpaired) electrons. The minimum absolute atomic E-state index is 1.00. The molecule has 0 spiro atoms. The van der Waals surface area contributed by atoms with Gasteiger partial charge in [0.05, 0.1) is 12.0 Å². The molecular weight excluding hydrogens is 196 g/mol. The van der Waals surface area contributed by atoms with E-state index in [2.05, 4.69) is 55.0 Å². The number of aryl methyl sites for hydroxylation is 2. The van der Waals surface area contributed by atoms with Crippen molar-refractivity contribution < 1.29 is 0 Å². The van der Waals surface area contributed by atoms with E-state index >= 15 is 0 Å². The van der Waals surface area contributed by atoms with E-state index in [1.54, 1.807) is 6.33 Å². The number of aromatic amines is 1. The van der Waals surface area contributed by atoms with Crippen molar-refractivity contribution in [3.63, 3.8) is 0 Å². The van der Waals surface area contributed by atoms with Gasteiger partial charge >= 0.3 is 0 Å². The van der Waals surface area contributed by atoms with Crippen LogP contribution in [0.3, 0.4) is 0 Å². The third kappa shape index (κ3) is 2.06. The summed E-state index contributed by atoms with van der Waals surface area (Å²) < 4.78 is 0. The highest BCUT2D eigenvalue weighted by atomic mass is 14.9. The van der Waals surface area contributed by atoms with Gasteiger partial charge in [-0.2, -0.15) is 0 Å². The number of rotatable bonds is 2. The first-order valence-electron chi connectivity index (χ1n) is 5.42. The Hall–Kier alpha value is -1.83. The normalized spacial score (nSPS) is 11.8. The van der Waals surface area contributed by atoms with Gasteiger partial charge in [-0.15, -0.1) is 0 Å². The van der Waals surface area contributed by atoms with E-state index in [0.29, 0.717) is 0 Å². The number of allylic oxidation sites excluding steroid dienone is 1. The molecule has 0 atom stereocenters. The number of nitrogens with one attached hydrogen (secondary N) is 1. The molecule has 0 bridgehead atoms. The molecule has 2 heteroatoms. The van der Waals surface area contributed by atoms with Crippen LogP contribution in [0, 0.1) is 13.8 Å². The van der Waals surface area contributed by atoms with Gasteiger partial charge in [-0.1, -0.05) is 18.2 Å². The summed E-state index contributed by atoms with van der Waals surface area (Å²) in [4.78, 5) is 7.22. The number of nitrogens with zero attached hydrogens (tertiary/aromatic N) is 1. The second-order valence-corrected chi connectivity index (χ2v) is 4.09. The molecule has 2 rings (SSSR count). The first-order chi connectivity index (χ1) is 7.68. The van der Waals surface area contributed by atoms with Gasteiger partial charge in [0.2, 0.25) is 0 Å². The summed E-state index contributed by atoms with van der Waals surface area (Å²) in [7, 11) is 0. The Bertz CT molecular complexity index is 487. The van der Waals surface area contributed by atoms with Crippen molar-refractivity contribution in [2.45, 2.75) is 20.8 Å². The summed E-state index contributed by atoms with van der Waals surface area (Å²) in [5.74, 6) is 0. The molecular formula is C14H16N2. The molecule has 0 aliphatic heterocycles. The minimum Gasteiger partial charge on any atom is -0.351 e. The van der Waals surface area contributed by atoms with Crippen LogP contribution in [0.15, 0.2) is 30.7 Å². The lowest BCUT2D eigenvalue weighted by Gasteiger charge is -2.05. The minimum atomic E-state index is 1.00. The van der Waals surface area contributed by atoms with Gasteiger partial charge in [-0.05, 0) is 49.1 Å². The molecule has 1 aromatic heterocycles. The van der Waals surface area contributed by atoms with Crippen LogP contribution in [-0.2, 0) is 0 Å². The zero-order valence-electron chi connectivity index (χ0n) is 9.91.